The lowest BCUT2D eigenvalue weighted by Crippen LogP contribution is -2.41. The molecule has 0 aromatic heterocycles. The Morgan fingerprint density at radius 3 is 2.47 bits per heavy atom. The van der Waals surface area contributed by atoms with Crippen molar-refractivity contribution in [3.63, 3.8) is 0 Å². The van der Waals surface area contributed by atoms with Crippen LogP contribution >= 0.6 is 0 Å². The Balaban J connectivity index is 2.14. The third kappa shape index (κ3) is 6.24. The van der Waals surface area contributed by atoms with Crippen molar-refractivity contribution in [2.45, 2.75) is 38.3 Å². The molecule has 19 heavy (non-hydrogen) atoms. The van der Waals surface area contributed by atoms with E-state index in [1.165, 1.54) is 0 Å². The lowest BCUT2D eigenvalue weighted by molar-refractivity contribution is -0.174. The van der Waals surface area contributed by atoms with Crippen molar-refractivity contribution in [1.82, 2.24) is 5.32 Å². The number of hydrogen-bond acceptors (Lipinski definition) is 3. The highest BCUT2D eigenvalue weighted by atomic mass is 19.4. The fourth-order valence-electron chi connectivity index (χ4n) is 2.31. The van der Waals surface area contributed by atoms with Gasteiger partial charge in [-0.05, 0) is 24.8 Å². The van der Waals surface area contributed by atoms with Crippen LogP contribution in [0.2, 0.25) is 0 Å². The van der Waals surface area contributed by atoms with Crippen LogP contribution in [0.25, 0.3) is 0 Å². The molecule has 0 atom stereocenters. The van der Waals surface area contributed by atoms with Crippen LogP contribution in [0, 0.1) is 5.41 Å². The maximum Gasteiger partial charge on any atom is 0.411 e. The van der Waals surface area contributed by atoms with Crippen LogP contribution in [-0.4, -0.2) is 38.4 Å². The zero-order valence-corrected chi connectivity index (χ0v) is 10.9. The number of nitrogens with one attached hydrogen (secondary N) is 1. The summed E-state index contributed by atoms with van der Waals surface area (Å²) in [5, 5.41) is 2.73. The van der Waals surface area contributed by atoms with Crippen molar-refractivity contribution < 1.29 is 22.7 Å². The first-order valence-corrected chi connectivity index (χ1v) is 6.48. The Labute approximate surface area is 110 Å². The van der Waals surface area contributed by atoms with E-state index in [4.69, 9.17) is 5.73 Å². The van der Waals surface area contributed by atoms with Crippen LogP contribution < -0.4 is 11.1 Å². The quantitative estimate of drug-likeness (QED) is 0.697. The van der Waals surface area contributed by atoms with Crippen LogP contribution in [0.3, 0.4) is 0 Å². The minimum Gasteiger partial charge on any atom is -0.372 e. The molecular weight excluding hydrogens is 261 g/mol. The smallest absolute Gasteiger partial charge is 0.372 e. The number of halogens is 3. The molecule has 1 aliphatic rings. The second-order valence-corrected chi connectivity index (χ2v) is 5.11. The summed E-state index contributed by atoms with van der Waals surface area (Å²) in [6.07, 6.45) is -0.188. The largest absolute Gasteiger partial charge is 0.411 e. The summed E-state index contributed by atoms with van der Waals surface area (Å²) in [6.45, 7) is -0.507. The molecule has 0 aliphatic heterocycles. The SMILES string of the molecule is NCC1(CNC(=O)CCOCC(F)(F)F)CCCC1. The maximum absolute atomic E-state index is 11.8. The summed E-state index contributed by atoms with van der Waals surface area (Å²) >= 11 is 0. The number of alkyl halides is 3. The van der Waals surface area contributed by atoms with Gasteiger partial charge >= 0.3 is 6.18 Å². The number of carbonyl (C=O) groups is 1. The standard InChI is InChI=1S/C12H21F3N2O2/c13-12(14,15)9-19-6-3-10(18)17-8-11(7-16)4-1-2-5-11/h1-9,16H2,(H,17,18). The maximum atomic E-state index is 11.8. The van der Waals surface area contributed by atoms with Crippen LogP contribution in [-0.2, 0) is 9.53 Å². The van der Waals surface area contributed by atoms with Gasteiger partial charge in [0.05, 0.1) is 6.61 Å². The lowest BCUT2D eigenvalue weighted by Gasteiger charge is -2.27. The first kappa shape index (κ1) is 16.2. The van der Waals surface area contributed by atoms with Crippen molar-refractivity contribution in [2.24, 2.45) is 11.1 Å². The topological polar surface area (TPSA) is 64.3 Å². The van der Waals surface area contributed by atoms with Gasteiger partial charge in [-0.1, -0.05) is 12.8 Å². The molecule has 112 valence electrons. The first-order valence-electron chi connectivity index (χ1n) is 6.48. The van der Waals surface area contributed by atoms with Crippen molar-refractivity contribution in [3.05, 3.63) is 0 Å². The zero-order chi connectivity index (χ0) is 14.4. The number of carbonyl (C=O) groups excluding carboxylic acids is 1. The van der Waals surface area contributed by atoms with E-state index in [-0.39, 0.29) is 24.3 Å². The molecule has 1 amide bonds. The molecule has 0 radical (unpaired) electrons. The van der Waals surface area contributed by atoms with Gasteiger partial charge in [0.1, 0.15) is 6.61 Å². The third-order valence-corrected chi connectivity index (χ3v) is 3.50. The summed E-state index contributed by atoms with van der Waals surface area (Å²) in [7, 11) is 0. The molecule has 0 bridgehead atoms. The van der Waals surface area contributed by atoms with Gasteiger partial charge < -0.3 is 15.8 Å². The highest BCUT2D eigenvalue weighted by Gasteiger charge is 2.32. The first-order chi connectivity index (χ1) is 8.87. The monoisotopic (exact) mass is 282 g/mol. The second-order valence-electron chi connectivity index (χ2n) is 5.11. The van der Waals surface area contributed by atoms with Gasteiger partial charge in [-0.25, -0.2) is 0 Å². The Morgan fingerprint density at radius 1 is 1.32 bits per heavy atom. The van der Waals surface area contributed by atoms with E-state index in [1.54, 1.807) is 0 Å². The van der Waals surface area contributed by atoms with Crippen molar-refractivity contribution in [3.8, 4) is 0 Å². The predicted octanol–water partition coefficient (Wildman–Crippen LogP) is 1.59. The van der Waals surface area contributed by atoms with Gasteiger partial charge in [0.2, 0.25) is 5.91 Å². The van der Waals surface area contributed by atoms with Crippen LogP contribution in [0.5, 0.6) is 0 Å². The van der Waals surface area contributed by atoms with E-state index in [9.17, 15) is 18.0 Å². The molecule has 0 unspecified atom stereocenters. The normalized spacial score (nSPS) is 18.5. The van der Waals surface area contributed by atoms with Gasteiger partial charge in [-0.3, -0.25) is 4.79 Å². The molecule has 4 nitrogen and oxygen atoms in total. The molecular formula is C12H21F3N2O2. The minimum atomic E-state index is -4.34. The van der Waals surface area contributed by atoms with E-state index in [2.05, 4.69) is 10.1 Å². The number of nitrogens with two attached hydrogens (primary N) is 1. The Morgan fingerprint density at radius 2 is 1.95 bits per heavy atom. The average molecular weight is 282 g/mol. The van der Waals surface area contributed by atoms with E-state index in [0.717, 1.165) is 25.7 Å². The molecule has 1 fully saturated rings. The molecule has 1 rings (SSSR count). The minimum absolute atomic E-state index is 0.0253. The van der Waals surface area contributed by atoms with Gasteiger partial charge in [-0.2, -0.15) is 13.2 Å². The molecule has 0 aromatic carbocycles. The lowest BCUT2D eigenvalue weighted by atomic mass is 9.86. The summed E-state index contributed by atoms with van der Waals surface area (Å²) in [5.41, 5.74) is 5.70. The van der Waals surface area contributed by atoms with Crippen molar-refractivity contribution >= 4 is 5.91 Å². The van der Waals surface area contributed by atoms with Crippen LogP contribution in [0.4, 0.5) is 13.2 Å². The van der Waals surface area contributed by atoms with E-state index < -0.39 is 12.8 Å². The highest BCUT2D eigenvalue weighted by molar-refractivity contribution is 5.76. The molecule has 0 saturated heterocycles. The Kier molecular flexibility index (Phi) is 6.06. The molecule has 0 spiro atoms. The van der Waals surface area contributed by atoms with Crippen LogP contribution in [0.1, 0.15) is 32.1 Å². The van der Waals surface area contributed by atoms with E-state index in [1.807, 2.05) is 0 Å². The van der Waals surface area contributed by atoms with E-state index >= 15 is 0 Å². The molecule has 1 aliphatic carbocycles. The molecule has 0 aromatic rings. The summed E-state index contributed by atoms with van der Waals surface area (Å²) in [5.74, 6) is -0.290. The van der Waals surface area contributed by atoms with Gasteiger partial charge in [0, 0.05) is 13.0 Å². The summed E-state index contributed by atoms with van der Waals surface area (Å²) < 4.78 is 39.7. The zero-order valence-electron chi connectivity index (χ0n) is 10.9. The van der Waals surface area contributed by atoms with Crippen molar-refractivity contribution in [1.29, 1.82) is 0 Å². The van der Waals surface area contributed by atoms with E-state index in [0.29, 0.717) is 13.1 Å². The van der Waals surface area contributed by atoms with Gasteiger partial charge in [-0.15, -0.1) is 0 Å². The fourth-order valence-corrected chi connectivity index (χ4v) is 2.31. The summed E-state index contributed by atoms with van der Waals surface area (Å²) in [4.78, 5) is 11.5. The van der Waals surface area contributed by atoms with Crippen molar-refractivity contribution in [2.75, 3.05) is 26.3 Å². The number of amides is 1. The molecule has 0 heterocycles. The summed E-state index contributed by atoms with van der Waals surface area (Å²) in [6, 6.07) is 0. The number of ether oxygens (including phenoxy) is 1. The molecule has 3 N–H and O–H groups in total. The van der Waals surface area contributed by atoms with Gasteiger partial charge in [0.25, 0.3) is 0 Å². The van der Waals surface area contributed by atoms with Crippen LogP contribution in [0.15, 0.2) is 0 Å². The molecule has 1 saturated carbocycles. The third-order valence-electron chi connectivity index (χ3n) is 3.50. The average Bonchev–Trinajstić information content (AvgIpc) is 2.80. The number of hydrogen-bond donors (Lipinski definition) is 2. The Bertz CT molecular complexity index is 289. The second kappa shape index (κ2) is 7.09. The Hall–Kier alpha value is -0.820. The highest BCUT2D eigenvalue weighted by Crippen LogP contribution is 2.36. The molecule has 7 heteroatoms. The fraction of sp³-hybridized carbons (Fsp3) is 0.917. The number of rotatable bonds is 7. The van der Waals surface area contributed by atoms with Gasteiger partial charge in [0.15, 0.2) is 0 Å². The predicted molar refractivity (Wildman–Crippen MR) is 64.5 cm³/mol.